The molecule has 1 nitrogen and oxygen atoms in total. The van der Waals surface area contributed by atoms with E-state index < -0.39 is 5.82 Å². The maximum Gasteiger partial charge on any atom is 0.132 e. The highest BCUT2D eigenvalue weighted by atomic mass is 79.9. The molecule has 1 N–H and O–H groups in total. The van der Waals surface area contributed by atoms with E-state index in [0.29, 0.717) is 20.4 Å². The van der Waals surface area contributed by atoms with Crippen LogP contribution in [0, 0.1) is 5.82 Å². The first-order valence-corrected chi connectivity index (χ1v) is 7.11. The van der Waals surface area contributed by atoms with Crippen molar-refractivity contribution in [2.75, 3.05) is 0 Å². The molecule has 0 amide bonds. The molecular formula is C16H9BrClFO. The van der Waals surface area contributed by atoms with Crippen LogP contribution in [0.15, 0.2) is 53.0 Å². The first kappa shape index (κ1) is 13.4. The molecule has 20 heavy (non-hydrogen) atoms. The molecule has 100 valence electrons. The van der Waals surface area contributed by atoms with Gasteiger partial charge in [-0.15, -0.1) is 0 Å². The van der Waals surface area contributed by atoms with E-state index in [4.69, 9.17) is 11.6 Å². The molecule has 0 saturated heterocycles. The number of aromatic hydroxyl groups is 1. The fraction of sp³-hybridized carbons (Fsp3) is 0. The van der Waals surface area contributed by atoms with Gasteiger partial charge in [-0.1, -0.05) is 41.9 Å². The van der Waals surface area contributed by atoms with Crippen molar-refractivity contribution in [1.29, 1.82) is 0 Å². The monoisotopic (exact) mass is 350 g/mol. The molecule has 3 aromatic rings. The Morgan fingerprint density at radius 2 is 1.75 bits per heavy atom. The van der Waals surface area contributed by atoms with Gasteiger partial charge in [0.15, 0.2) is 0 Å². The Bertz CT molecular complexity index is 817. The largest absolute Gasteiger partial charge is 0.507 e. The Kier molecular flexibility index (Phi) is 3.40. The molecule has 3 aromatic carbocycles. The predicted octanol–water partition coefficient (Wildman–Crippen LogP) is 5.77. The third-order valence-electron chi connectivity index (χ3n) is 3.21. The summed E-state index contributed by atoms with van der Waals surface area (Å²) in [5.41, 5.74) is 0.677. The molecule has 4 heteroatoms. The highest BCUT2D eigenvalue weighted by molar-refractivity contribution is 9.10. The summed E-state index contributed by atoms with van der Waals surface area (Å²) in [4.78, 5) is 0. The number of rotatable bonds is 1. The fourth-order valence-electron chi connectivity index (χ4n) is 2.23. The van der Waals surface area contributed by atoms with Crippen molar-refractivity contribution in [1.82, 2.24) is 0 Å². The third kappa shape index (κ3) is 2.07. The zero-order valence-corrected chi connectivity index (χ0v) is 12.5. The topological polar surface area (TPSA) is 20.2 Å². The van der Waals surface area contributed by atoms with Crippen molar-refractivity contribution in [3.63, 3.8) is 0 Å². The first-order valence-electron chi connectivity index (χ1n) is 5.94. The van der Waals surface area contributed by atoms with Gasteiger partial charge in [-0.3, -0.25) is 0 Å². The van der Waals surface area contributed by atoms with E-state index >= 15 is 0 Å². The first-order chi connectivity index (χ1) is 9.59. The summed E-state index contributed by atoms with van der Waals surface area (Å²) >= 11 is 9.29. The maximum atomic E-state index is 14.1. The Morgan fingerprint density at radius 3 is 2.55 bits per heavy atom. The summed E-state index contributed by atoms with van der Waals surface area (Å²) < 4.78 is 14.5. The molecule has 0 heterocycles. The molecule has 0 aliphatic heterocycles. The average molecular weight is 352 g/mol. The van der Waals surface area contributed by atoms with E-state index in [1.165, 1.54) is 12.1 Å². The summed E-state index contributed by atoms with van der Waals surface area (Å²) in [5, 5.41) is 12.4. The lowest BCUT2D eigenvalue weighted by atomic mass is 9.99. The molecule has 0 spiro atoms. The average Bonchev–Trinajstić information content (AvgIpc) is 2.46. The molecule has 0 aliphatic rings. The van der Waals surface area contributed by atoms with E-state index in [1.807, 2.05) is 24.3 Å². The maximum absolute atomic E-state index is 14.1. The van der Waals surface area contributed by atoms with Gasteiger partial charge in [0.2, 0.25) is 0 Å². The molecule has 0 atom stereocenters. The van der Waals surface area contributed by atoms with Crippen molar-refractivity contribution in [3.8, 4) is 16.9 Å². The zero-order chi connectivity index (χ0) is 14.3. The van der Waals surface area contributed by atoms with Gasteiger partial charge in [0.05, 0.1) is 5.02 Å². The van der Waals surface area contributed by atoms with Crippen LogP contribution < -0.4 is 0 Å². The SMILES string of the molecule is Oc1c(-c2c(F)ccc(Cl)c2Br)ccc2ccccc12. The van der Waals surface area contributed by atoms with Gasteiger partial charge in [0.25, 0.3) is 0 Å². The van der Waals surface area contributed by atoms with Crippen LogP contribution in [0.1, 0.15) is 0 Å². The van der Waals surface area contributed by atoms with Crippen LogP contribution in [0.25, 0.3) is 21.9 Å². The molecule has 0 aromatic heterocycles. The lowest BCUT2D eigenvalue weighted by Gasteiger charge is -2.12. The lowest BCUT2D eigenvalue weighted by molar-refractivity contribution is 0.483. The molecule has 3 rings (SSSR count). The van der Waals surface area contributed by atoms with Gasteiger partial charge < -0.3 is 5.11 Å². The van der Waals surface area contributed by atoms with E-state index in [1.54, 1.807) is 12.1 Å². The number of phenolic OH excluding ortho intramolecular Hbond substituents is 1. The predicted molar refractivity (Wildman–Crippen MR) is 83.7 cm³/mol. The smallest absolute Gasteiger partial charge is 0.132 e. The minimum Gasteiger partial charge on any atom is -0.507 e. The van der Waals surface area contributed by atoms with Crippen LogP contribution >= 0.6 is 27.5 Å². The molecular weight excluding hydrogens is 343 g/mol. The van der Waals surface area contributed by atoms with Crippen molar-refractivity contribution in [2.24, 2.45) is 0 Å². The number of hydrogen-bond donors (Lipinski definition) is 1. The minimum atomic E-state index is -0.438. The standard InChI is InChI=1S/C16H9BrClFO/c17-15-12(18)7-8-13(19)14(15)11-6-5-9-3-1-2-4-10(9)16(11)20/h1-8,20H. The summed E-state index contributed by atoms with van der Waals surface area (Å²) in [7, 11) is 0. The summed E-state index contributed by atoms with van der Waals surface area (Å²) in [6.45, 7) is 0. The third-order valence-corrected chi connectivity index (χ3v) is 4.58. The van der Waals surface area contributed by atoms with E-state index in [0.717, 1.165) is 5.39 Å². The minimum absolute atomic E-state index is 0.0463. The Labute approximate surface area is 128 Å². The van der Waals surface area contributed by atoms with Gasteiger partial charge in [-0.05, 0) is 39.5 Å². The molecule has 0 unspecified atom stereocenters. The quantitative estimate of drug-likeness (QED) is 0.552. The number of phenols is 1. The van der Waals surface area contributed by atoms with Crippen LogP contribution in [-0.2, 0) is 0 Å². The van der Waals surface area contributed by atoms with Gasteiger partial charge in [0.1, 0.15) is 11.6 Å². The molecule has 0 saturated carbocycles. The summed E-state index contributed by atoms with van der Waals surface area (Å²) in [6, 6.07) is 13.7. The Hall–Kier alpha value is -1.58. The van der Waals surface area contributed by atoms with E-state index in [2.05, 4.69) is 15.9 Å². The van der Waals surface area contributed by atoms with Crippen LogP contribution in [-0.4, -0.2) is 5.11 Å². The van der Waals surface area contributed by atoms with E-state index in [9.17, 15) is 9.50 Å². The van der Waals surface area contributed by atoms with Crippen LogP contribution in [0.4, 0.5) is 4.39 Å². The van der Waals surface area contributed by atoms with Gasteiger partial charge >= 0.3 is 0 Å². The van der Waals surface area contributed by atoms with Crippen LogP contribution in [0.3, 0.4) is 0 Å². The number of benzene rings is 3. The van der Waals surface area contributed by atoms with Crippen molar-refractivity contribution in [3.05, 3.63) is 63.8 Å². The number of halogens is 3. The Morgan fingerprint density at radius 1 is 1.00 bits per heavy atom. The zero-order valence-electron chi connectivity index (χ0n) is 10.2. The van der Waals surface area contributed by atoms with Gasteiger partial charge in [0, 0.05) is 21.0 Å². The summed E-state index contributed by atoms with van der Waals surface area (Å²) in [6.07, 6.45) is 0. The van der Waals surface area contributed by atoms with Crippen LogP contribution in [0.5, 0.6) is 5.75 Å². The van der Waals surface area contributed by atoms with Crippen molar-refractivity contribution in [2.45, 2.75) is 0 Å². The second-order valence-electron chi connectivity index (χ2n) is 4.40. The lowest BCUT2D eigenvalue weighted by Crippen LogP contribution is -1.89. The second-order valence-corrected chi connectivity index (χ2v) is 5.60. The number of hydrogen-bond acceptors (Lipinski definition) is 1. The highest BCUT2D eigenvalue weighted by Gasteiger charge is 2.17. The molecule has 0 bridgehead atoms. The van der Waals surface area contributed by atoms with Gasteiger partial charge in [-0.25, -0.2) is 4.39 Å². The van der Waals surface area contributed by atoms with Gasteiger partial charge in [-0.2, -0.15) is 0 Å². The normalized spacial score (nSPS) is 10.9. The molecule has 0 fully saturated rings. The Balaban J connectivity index is 2.36. The second kappa shape index (κ2) is 5.08. The number of fused-ring (bicyclic) bond motifs is 1. The summed E-state index contributed by atoms with van der Waals surface area (Å²) in [5.74, 6) is -0.392. The molecule has 0 aliphatic carbocycles. The van der Waals surface area contributed by atoms with E-state index in [-0.39, 0.29) is 11.3 Å². The van der Waals surface area contributed by atoms with Crippen molar-refractivity contribution >= 4 is 38.3 Å². The van der Waals surface area contributed by atoms with Crippen molar-refractivity contribution < 1.29 is 9.50 Å². The fourth-order valence-corrected chi connectivity index (χ4v) is 2.92. The highest BCUT2D eigenvalue weighted by Crippen LogP contribution is 2.42. The van der Waals surface area contributed by atoms with Crippen LogP contribution in [0.2, 0.25) is 5.02 Å². The molecule has 0 radical (unpaired) electrons.